The number of nitrogens with two attached hydrogens (primary N) is 1. The number of thioether (sulfide) groups is 1. The van der Waals surface area contributed by atoms with Gasteiger partial charge < -0.3 is 19.9 Å². The molecule has 0 aliphatic carbocycles. The van der Waals surface area contributed by atoms with E-state index in [0.29, 0.717) is 5.69 Å². The van der Waals surface area contributed by atoms with Crippen molar-refractivity contribution in [2.24, 2.45) is 0 Å². The van der Waals surface area contributed by atoms with Crippen LogP contribution in [0.3, 0.4) is 0 Å². The van der Waals surface area contributed by atoms with Gasteiger partial charge in [-0.1, -0.05) is 0 Å². The zero-order valence-corrected chi connectivity index (χ0v) is 12.6. The summed E-state index contributed by atoms with van der Waals surface area (Å²) in [5.74, 6) is 3.75. The van der Waals surface area contributed by atoms with Gasteiger partial charge in [-0.3, -0.25) is 0 Å². The van der Waals surface area contributed by atoms with E-state index in [9.17, 15) is 0 Å². The zero-order chi connectivity index (χ0) is 14.0. The average molecular weight is 295 g/mol. The highest BCUT2D eigenvalue weighted by atomic mass is 32.2. The van der Waals surface area contributed by atoms with Crippen molar-refractivity contribution in [2.45, 2.75) is 31.0 Å². The summed E-state index contributed by atoms with van der Waals surface area (Å²) in [5.41, 5.74) is 6.56. The van der Waals surface area contributed by atoms with Crippen LogP contribution in [0, 0.1) is 0 Å². The lowest BCUT2D eigenvalue weighted by Gasteiger charge is -2.37. The molecule has 3 rings (SSSR count). The molecule has 2 aliphatic heterocycles. The van der Waals surface area contributed by atoms with Crippen LogP contribution in [0.1, 0.15) is 19.3 Å². The topological polar surface area (TPSA) is 53.7 Å². The van der Waals surface area contributed by atoms with E-state index >= 15 is 0 Å². The van der Waals surface area contributed by atoms with Gasteiger partial charge >= 0.3 is 0 Å². The first-order valence-corrected chi connectivity index (χ1v) is 8.18. The third-order valence-corrected chi connectivity index (χ3v) is 5.22. The van der Waals surface area contributed by atoms with Crippen LogP contribution in [0.2, 0.25) is 0 Å². The minimum Gasteiger partial charge on any atom is -0.493 e. The monoisotopic (exact) mass is 295 g/mol. The van der Waals surface area contributed by atoms with Crippen molar-refractivity contribution in [3.05, 3.63) is 18.2 Å². The third-order valence-electron chi connectivity index (χ3n) is 4.00. The second-order valence-corrected chi connectivity index (χ2v) is 6.58. The van der Waals surface area contributed by atoms with Gasteiger partial charge in [-0.05, 0) is 24.3 Å². The minimum atomic E-state index is 0.0289. The SMILES string of the molecule is COc1ccc(N)cc1OC1CCOC2(CCSC2)C1. The Labute approximate surface area is 124 Å². The van der Waals surface area contributed by atoms with Crippen molar-refractivity contribution in [1.82, 2.24) is 0 Å². The van der Waals surface area contributed by atoms with Crippen LogP contribution in [0.25, 0.3) is 0 Å². The van der Waals surface area contributed by atoms with Crippen LogP contribution < -0.4 is 15.2 Å². The molecular weight excluding hydrogens is 274 g/mol. The van der Waals surface area contributed by atoms with Crippen LogP contribution in [0.4, 0.5) is 5.69 Å². The highest BCUT2D eigenvalue weighted by molar-refractivity contribution is 7.99. The number of rotatable bonds is 3. The molecule has 2 saturated heterocycles. The van der Waals surface area contributed by atoms with Gasteiger partial charge in [-0.25, -0.2) is 0 Å². The highest BCUT2D eigenvalue weighted by Gasteiger charge is 2.41. The molecule has 110 valence electrons. The lowest BCUT2D eigenvalue weighted by molar-refractivity contribution is -0.0961. The van der Waals surface area contributed by atoms with Gasteiger partial charge in [0.15, 0.2) is 11.5 Å². The van der Waals surface area contributed by atoms with Gasteiger partial charge in [-0.2, -0.15) is 11.8 Å². The fourth-order valence-electron chi connectivity index (χ4n) is 2.91. The average Bonchev–Trinajstić information content (AvgIpc) is 2.87. The van der Waals surface area contributed by atoms with E-state index in [-0.39, 0.29) is 11.7 Å². The first kappa shape index (κ1) is 13.9. The molecule has 0 bridgehead atoms. The lowest BCUT2D eigenvalue weighted by atomic mass is 9.91. The second-order valence-electron chi connectivity index (χ2n) is 5.48. The number of benzene rings is 1. The highest BCUT2D eigenvalue weighted by Crippen LogP contribution is 2.40. The Bertz CT molecular complexity index is 474. The van der Waals surface area contributed by atoms with E-state index in [0.717, 1.165) is 43.1 Å². The van der Waals surface area contributed by atoms with Crippen LogP contribution in [0.5, 0.6) is 11.5 Å². The minimum absolute atomic E-state index is 0.0289. The molecule has 1 spiro atoms. The molecule has 2 N–H and O–H groups in total. The molecule has 4 nitrogen and oxygen atoms in total. The van der Waals surface area contributed by atoms with Gasteiger partial charge in [0.2, 0.25) is 0 Å². The number of ether oxygens (including phenoxy) is 3. The van der Waals surface area contributed by atoms with Crippen LogP contribution in [-0.2, 0) is 4.74 Å². The molecule has 0 aromatic heterocycles. The fraction of sp³-hybridized carbons (Fsp3) is 0.600. The van der Waals surface area contributed by atoms with Gasteiger partial charge in [0, 0.05) is 30.3 Å². The normalized spacial score (nSPS) is 29.6. The number of hydrogen-bond acceptors (Lipinski definition) is 5. The molecule has 2 fully saturated rings. The molecule has 5 heteroatoms. The third kappa shape index (κ3) is 2.83. The quantitative estimate of drug-likeness (QED) is 0.869. The smallest absolute Gasteiger partial charge is 0.163 e. The van der Waals surface area contributed by atoms with E-state index < -0.39 is 0 Å². The Morgan fingerprint density at radius 1 is 1.40 bits per heavy atom. The summed E-state index contributed by atoms with van der Waals surface area (Å²) in [6.07, 6.45) is 3.19. The van der Waals surface area contributed by atoms with Crippen LogP contribution >= 0.6 is 11.8 Å². The molecule has 2 aliphatic rings. The Morgan fingerprint density at radius 2 is 2.30 bits per heavy atom. The van der Waals surface area contributed by atoms with Gasteiger partial charge in [0.05, 0.1) is 19.3 Å². The molecule has 0 saturated carbocycles. The van der Waals surface area contributed by atoms with Crippen molar-refractivity contribution >= 4 is 17.4 Å². The largest absolute Gasteiger partial charge is 0.493 e. The molecule has 2 unspecified atom stereocenters. The molecule has 1 aromatic carbocycles. The Kier molecular flexibility index (Phi) is 3.98. The van der Waals surface area contributed by atoms with Crippen molar-refractivity contribution < 1.29 is 14.2 Å². The number of methoxy groups -OCH3 is 1. The summed E-state index contributed by atoms with van der Waals surface area (Å²) in [6, 6.07) is 5.51. The van der Waals surface area contributed by atoms with E-state index in [2.05, 4.69) is 0 Å². The predicted molar refractivity (Wildman–Crippen MR) is 81.7 cm³/mol. The number of anilines is 1. The molecule has 0 radical (unpaired) electrons. The Morgan fingerprint density at radius 3 is 3.05 bits per heavy atom. The molecule has 20 heavy (non-hydrogen) atoms. The maximum Gasteiger partial charge on any atom is 0.163 e. The van der Waals surface area contributed by atoms with Crippen molar-refractivity contribution in [1.29, 1.82) is 0 Å². The van der Waals surface area contributed by atoms with Crippen LogP contribution in [0.15, 0.2) is 18.2 Å². The number of hydrogen-bond donors (Lipinski definition) is 1. The van der Waals surface area contributed by atoms with E-state index in [4.69, 9.17) is 19.9 Å². The predicted octanol–water partition coefficient (Wildman–Crippen LogP) is 2.71. The summed E-state index contributed by atoms with van der Waals surface area (Å²) < 4.78 is 17.5. The van der Waals surface area contributed by atoms with Gasteiger partial charge in [0.1, 0.15) is 6.10 Å². The zero-order valence-electron chi connectivity index (χ0n) is 11.8. The first-order valence-electron chi connectivity index (χ1n) is 7.03. The van der Waals surface area contributed by atoms with Gasteiger partial charge in [0.25, 0.3) is 0 Å². The molecule has 0 amide bonds. The Balaban J connectivity index is 1.72. The van der Waals surface area contributed by atoms with Crippen molar-refractivity contribution in [2.75, 3.05) is 31.0 Å². The van der Waals surface area contributed by atoms with Crippen molar-refractivity contribution in [3.63, 3.8) is 0 Å². The standard InChI is InChI=1S/C15H21NO3S/c1-17-13-3-2-11(16)8-14(13)19-12-4-6-18-15(9-12)5-7-20-10-15/h2-3,8,12H,4-7,9-10,16H2,1H3. The van der Waals surface area contributed by atoms with E-state index in [1.54, 1.807) is 7.11 Å². The number of nitrogen functional groups attached to an aromatic ring is 1. The second kappa shape index (κ2) is 5.74. The molecule has 2 heterocycles. The van der Waals surface area contributed by atoms with Crippen molar-refractivity contribution in [3.8, 4) is 11.5 Å². The van der Waals surface area contributed by atoms with E-state index in [1.807, 2.05) is 30.0 Å². The first-order chi connectivity index (χ1) is 9.71. The molecular formula is C15H21NO3S. The summed E-state index contributed by atoms with van der Waals surface area (Å²) >= 11 is 1.97. The molecule has 2 atom stereocenters. The maximum atomic E-state index is 6.15. The Hall–Kier alpha value is -1.07. The lowest BCUT2D eigenvalue weighted by Crippen LogP contribution is -2.43. The fourth-order valence-corrected chi connectivity index (χ4v) is 4.29. The summed E-state index contributed by atoms with van der Waals surface area (Å²) in [6.45, 7) is 0.774. The summed E-state index contributed by atoms with van der Waals surface area (Å²) in [4.78, 5) is 0. The summed E-state index contributed by atoms with van der Waals surface area (Å²) in [7, 11) is 1.65. The van der Waals surface area contributed by atoms with Gasteiger partial charge in [-0.15, -0.1) is 0 Å². The van der Waals surface area contributed by atoms with Crippen LogP contribution in [-0.4, -0.2) is 36.9 Å². The maximum absolute atomic E-state index is 6.15. The molecule has 1 aromatic rings. The van der Waals surface area contributed by atoms with E-state index in [1.165, 1.54) is 5.75 Å². The summed E-state index contributed by atoms with van der Waals surface area (Å²) in [5, 5.41) is 0.